The summed E-state index contributed by atoms with van der Waals surface area (Å²) in [5.74, 6) is -0.0733. The summed E-state index contributed by atoms with van der Waals surface area (Å²) in [5.41, 5.74) is 1.24. The van der Waals surface area contributed by atoms with E-state index < -0.39 is 5.91 Å². The number of carbonyl (C=O) groups excluding carboxylic acids is 2. The summed E-state index contributed by atoms with van der Waals surface area (Å²) < 4.78 is 12.8. The third-order valence-corrected chi connectivity index (χ3v) is 4.87. The molecule has 0 saturated carbocycles. The molecule has 10 heteroatoms. The van der Waals surface area contributed by atoms with E-state index in [2.05, 4.69) is 25.7 Å². The minimum Gasteiger partial charge on any atom is -0.478 e. The summed E-state index contributed by atoms with van der Waals surface area (Å²) in [7, 11) is 0. The minimum atomic E-state index is -0.497. The second kappa shape index (κ2) is 9.41. The molecule has 2 amide bonds. The van der Waals surface area contributed by atoms with Gasteiger partial charge in [-0.2, -0.15) is 5.10 Å². The van der Waals surface area contributed by atoms with E-state index in [-0.39, 0.29) is 23.2 Å². The fraction of sp³-hybridized carbons (Fsp3) is 0.381. The van der Waals surface area contributed by atoms with Crippen LogP contribution in [0.4, 0.5) is 5.69 Å². The Labute approximate surface area is 179 Å². The van der Waals surface area contributed by atoms with Gasteiger partial charge in [-0.3, -0.25) is 14.3 Å². The zero-order valence-electron chi connectivity index (χ0n) is 17.3. The number of aryl methyl sites for hydroxylation is 1. The second-order valence-electron chi connectivity index (χ2n) is 7.14. The largest absolute Gasteiger partial charge is 0.478 e. The van der Waals surface area contributed by atoms with Gasteiger partial charge < -0.3 is 19.8 Å². The quantitative estimate of drug-likeness (QED) is 0.615. The summed E-state index contributed by atoms with van der Waals surface area (Å²) in [4.78, 5) is 33.8. The van der Waals surface area contributed by atoms with Gasteiger partial charge in [-0.15, -0.1) is 0 Å². The lowest BCUT2D eigenvalue weighted by Gasteiger charge is -2.07. The average molecular weight is 424 g/mol. The highest BCUT2D eigenvalue weighted by molar-refractivity contribution is 6.07. The molecule has 1 aliphatic heterocycles. The van der Waals surface area contributed by atoms with Crippen molar-refractivity contribution in [3.63, 3.8) is 0 Å². The normalized spacial score (nSPS) is 15.5. The van der Waals surface area contributed by atoms with Gasteiger partial charge in [0.05, 0.1) is 12.3 Å². The van der Waals surface area contributed by atoms with Gasteiger partial charge in [-0.25, -0.2) is 9.97 Å². The fourth-order valence-corrected chi connectivity index (χ4v) is 3.20. The molecule has 0 radical (unpaired) electrons. The predicted octanol–water partition coefficient (Wildman–Crippen LogP) is 2.89. The van der Waals surface area contributed by atoms with Gasteiger partial charge >= 0.3 is 0 Å². The zero-order valence-corrected chi connectivity index (χ0v) is 17.3. The second-order valence-corrected chi connectivity index (χ2v) is 7.14. The highest BCUT2D eigenvalue weighted by atomic mass is 16.5. The van der Waals surface area contributed by atoms with Gasteiger partial charge in [0, 0.05) is 37.1 Å². The highest BCUT2D eigenvalue weighted by Crippen LogP contribution is 2.23. The maximum absolute atomic E-state index is 12.7. The maximum Gasteiger partial charge on any atom is 0.277 e. The number of nitrogens with zero attached hydrogens (tertiary/aromatic N) is 4. The molecule has 3 aromatic heterocycles. The van der Waals surface area contributed by atoms with Crippen LogP contribution in [0.5, 0.6) is 5.88 Å². The number of oxazole rings is 1. The zero-order chi connectivity index (χ0) is 21.6. The number of hydrogen-bond acceptors (Lipinski definition) is 7. The van der Waals surface area contributed by atoms with Crippen LogP contribution in [0.1, 0.15) is 53.6 Å². The number of fused-ring (bicyclic) bond motifs is 6. The standard InChI is InChI=1S/C21H24N6O4/c1-2-27-12-15-18(26-27)20(29)23-8-5-3-4-6-10-30-17-11-14(7-9-22-17)21-25-16(13-31-21)19(28)24-15/h7,9,11-13H,2-6,8,10H2,1H3,(H,23,29)(H,24,28). The lowest BCUT2D eigenvalue weighted by atomic mass is 10.2. The Morgan fingerprint density at radius 1 is 1.16 bits per heavy atom. The number of carbonyl (C=O) groups is 2. The summed E-state index contributed by atoms with van der Waals surface area (Å²) in [6, 6.07) is 3.46. The highest BCUT2D eigenvalue weighted by Gasteiger charge is 2.21. The van der Waals surface area contributed by atoms with E-state index in [0.717, 1.165) is 25.7 Å². The number of pyridine rings is 1. The van der Waals surface area contributed by atoms with Crippen LogP contribution in [-0.4, -0.2) is 44.7 Å². The third-order valence-electron chi connectivity index (χ3n) is 4.87. The van der Waals surface area contributed by atoms with Crippen molar-refractivity contribution in [3.8, 4) is 17.3 Å². The molecule has 3 aromatic rings. The average Bonchev–Trinajstić information content (AvgIpc) is 3.42. The van der Waals surface area contributed by atoms with Crippen LogP contribution >= 0.6 is 0 Å². The molecule has 0 spiro atoms. The van der Waals surface area contributed by atoms with Gasteiger partial charge in [0.25, 0.3) is 11.8 Å². The van der Waals surface area contributed by atoms with Crippen LogP contribution in [0.15, 0.2) is 35.2 Å². The van der Waals surface area contributed by atoms with Crippen LogP contribution in [0.2, 0.25) is 0 Å². The van der Waals surface area contributed by atoms with Crippen molar-refractivity contribution in [2.45, 2.75) is 39.2 Å². The number of aromatic nitrogens is 4. The molecule has 4 heterocycles. The molecule has 0 saturated heterocycles. The van der Waals surface area contributed by atoms with Crippen LogP contribution in [0, 0.1) is 0 Å². The first kappa shape index (κ1) is 20.6. The number of ether oxygens (including phenoxy) is 1. The monoisotopic (exact) mass is 424 g/mol. The Balaban J connectivity index is 1.62. The molecule has 2 N–H and O–H groups in total. The Morgan fingerprint density at radius 2 is 2.03 bits per heavy atom. The van der Waals surface area contributed by atoms with Crippen molar-refractivity contribution in [1.29, 1.82) is 0 Å². The number of amides is 2. The van der Waals surface area contributed by atoms with E-state index in [0.29, 0.717) is 36.8 Å². The molecule has 162 valence electrons. The minimum absolute atomic E-state index is 0.0859. The van der Waals surface area contributed by atoms with E-state index >= 15 is 0 Å². The first-order valence-corrected chi connectivity index (χ1v) is 10.4. The van der Waals surface area contributed by atoms with Crippen LogP contribution < -0.4 is 15.4 Å². The van der Waals surface area contributed by atoms with Crippen LogP contribution in [-0.2, 0) is 6.54 Å². The van der Waals surface area contributed by atoms with Gasteiger partial charge in [-0.05, 0) is 25.8 Å². The summed E-state index contributed by atoms with van der Waals surface area (Å²) in [5, 5.41) is 9.87. The molecular formula is C21H24N6O4. The van der Waals surface area contributed by atoms with E-state index in [1.54, 1.807) is 29.2 Å². The molecule has 31 heavy (non-hydrogen) atoms. The van der Waals surface area contributed by atoms with Gasteiger partial charge in [0.15, 0.2) is 11.4 Å². The fourth-order valence-electron chi connectivity index (χ4n) is 3.20. The van der Waals surface area contributed by atoms with Crippen molar-refractivity contribution in [2.24, 2.45) is 0 Å². The Kier molecular flexibility index (Phi) is 6.25. The van der Waals surface area contributed by atoms with E-state index in [1.165, 1.54) is 6.26 Å². The first-order valence-electron chi connectivity index (χ1n) is 10.4. The van der Waals surface area contributed by atoms with Gasteiger partial charge in [0.1, 0.15) is 6.26 Å². The van der Waals surface area contributed by atoms with E-state index in [4.69, 9.17) is 9.15 Å². The number of hydrogen-bond donors (Lipinski definition) is 2. The molecule has 4 bridgehead atoms. The molecule has 4 rings (SSSR count). The molecule has 1 aliphatic rings. The summed E-state index contributed by atoms with van der Waals surface area (Å²) in [6.45, 7) is 3.54. The summed E-state index contributed by atoms with van der Waals surface area (Å²) in [6.07, 6.45) is 8.17. The molecular weight excluding hydrogens is 400 g/mol. The first-order chi connectivity index (χ1) is 15.1. The maximum atomic E-state index is 12.7. The third kappa shape index (κ3) is 4.90. The molecule has 10 nitrogen and oxygen atoms in total. The van der Waals surface area contributed by atoms with E-state index in [1.807, 2.05) is 6.92 Å². The Morgan fingerprint density at radius 3 is 2.90 bits per heavy atom. The van der Waals surface area contributed by atoms with Gasteiger partial charge in [-0.1, -0.05) is 12.8 Å². The smallest absolute Gasteiger partial charge is 0.277 e. The molecule has 0 aromatic carbocycles. The SMILES string of the molecule is CCn1cc2c(n1)C(=O)NCCCCCCOc1cc(ccn1)-c1nc(co1)C(=O)N2. The molecule has 0 unspecified atom stereocenters. The van der Waals surface area contributed by atoms with Crippen molar-refractivity contribution >= 4 is 17.5 Å². The Hall–Kier alpha value is -3.69. The number of anilines is 1. The Bertz CT molecular complexity index is 1070. The van der Waals surface area contributed by atoms with Crippen molar-refractivity contribution in [3.05, 3.63) is 42.2 Å². The van der Waals surface area contributed by atoms with Crippen molar-refractivity contribution in [2.75, 3.05) is 18.5 Å². The predicted molar refractivity (Wildman–Crippen MR) is 112 cm³/mol. The summed E-state index contributed by atoms with van der Waals surface area (Å²) >= 11 is 0. The topological polar surface area (TPSA) is 124 Å². The van der Waals surface area contributed by atoms with Gasteiger partial charge in [0.2, 0.25) is 11.8 Å². The lowest BCUT2D eigenvalue weighted by molar-refractivity contribution is 0.0948. The molecule has 0 fully saturated rings. The lowest BCUT2D eigenvalue weighted by Crippen LogP contribution is -2.26. The van der Waals surface area contributed by atoms with Crippen molar-refractivity contribution < 1.29 is 18.7 Å². The van der Waals surface area contributed by atoms with Crippen LogP contribution in [0.3, 0.4) is 0 Å². The molecule has 0 atom stereocenters. The molecule has 0 aliphatic carbocycles. The van der Waals surface area contributed by atoms with Crippen molar-refractivity contribution in [1.82, 2.24) is 25.1 Å². The number of rotatable bonds is 1. The number of nitrogens with one attached hydrogen (secondary N) is 2. The van der Waals surface area contributed by atoms with E-state index in [9.17, 15) is 9.59 Å². The van der Waals surface area contributed by atoms with Crippen LogP contribution in [0.25, 0.3) is 11.5 Å².